The Morgan fingerprint density at radius 1 is 1.00 bits per heavy atom. The van der Waals surface area contributed by atoms with E-state index in [0.29, 0.717) is 38.5 Å². The summed E-state index contributed by atoms with van der Waals surface area (Å²) in [5.41, 5.74) is 2.85. The SMILES string of the molecule is Cc1ccc(N2CC(C(=O)N3CCN(c4ccc(Nc5cccnc5)nn4)CC3)CC2=O)cc1. The Labute approximate surface area is 198 Å². The minimum absolute atomic E-state index is 0.0103. The second kappa shape index (κ2) is 9.46. The number of pyridine rings is 1. The van der Waals surface area contributed by atoms with E-state index < -0.39 is 0 Å². The van der Waals surface area contributed by atoms with E-state index in [2.05, 4.69) is 25.4 Å². The molecule has 1 aromatic carbocycles. The van der Waals surface area contributed by atoms with Crippen LogP contribution in [0.5, 0.6) is 0 Å². The van der Waals surface area contributed by atoms with Crippen LogP contribution in [0.1, 0.15) is 12.0 Å². The highest BCUT2D eigenvalue weighted by Crippen LogP contribution is 2.27. The fourth-order valence-electron chi connectivity index (χ4n) is 4.41. The first-order chi connectivity index (χ1) is 16.6. The molecule has 0 spiro atoms. The summed E-state index contributed by atoms with van der Waals surface area (Å²) >= 11 is 0. The van der Waals surface area contributed by atoms with Crippen molar-refractivity contribution in [1.29, 1.82) is 0 Å². The summed E-state index contributed by atoms with van der Waals surface area (Å²) in [6.07, 6.45) is 3.71. The summed E-state index contributed by atoms with van der Waals surface area (Å²) < 4.78 is 0. The number of nitrogens with one attached hydrogen (secondary N) is 1. The van der Waals surface area contributed by atoms with Crippen LogP contribution in [-0.4, -0.2) is 64.6 Å². The lowest BCUT2D eigenvalue weighted by Gasteiger charge is -2.36. The third kappa shape index (κ3) is 4.68. The average Bonchev–Trinajstić information content (AvgIpc) is 3.27. The van der Waals surface area contributed by atoms with Crippen molar-refractivity contribution < 1.29 is 9.59 Å². The van der Waals surface area contributed by atoms with Crippen molar-refractivity contribution >= 4 is 34.8 Å². The number of piperazine rings is 1. The molecule has 2 aromatic heterocycles. The van der Waals surface area contributed by atoms with Gasteiger partial charge in [0.2, 0.25) is 11.8 Å². The van der Waals surface area contributed by atoms with Gasteiger partial charge in [0, 0.05) is 51.0 Å². The Balaban J connectivity index is 1.15. The molecular weight excluding hydrogens is 430 g/mol. The number of hydrogen-bond donors (Lipinski definition) is 1. The van der Waals surface area contributed by atoms with Gasteiger partial charge in [0.05, 0.1) is 17.8 Å². The van der Waals surface area contributed by atoms with Gasteiger partial charge in [-0.15, -0.1) is 10.2 Å². The molecule has 3 aromatic rings. The zero-order valence-corrected chi connectivity index (χ0v) is 19.1. The Kier molecular flexibility index (Phi) is 6.07. The van der Waals surface area contributed by atoms with Crippen molar-refractivity contribution in [2.45, 2.75) is 13.3 Å². The van der Waals surface area contributed by atoms with Crippen LogP contribution in [0.4, 0.5) is 23.0 Å². The van der Waals surface area contributed by atoms with E-state index in [-0.39, 0.29) is 24.2 Å². The molecule has 0 saturated carbocycles. The van der Waals surface area contributed by atoms with Crippen molar-refractivity contribution in [3.8, 4) is 0 Å². The summed E-state index contributed by atoms with van der Waals surface area (Å²) in [6, 6.07) is 15.4. The maximum Gasteiger partial charge on any atom is 0.228 e. The van der Waals surface area contributed by atoms with Gasteiger partial charge in [0.15, 0.2) is 11.6 Å². The van der Waals surface area contributed by atoms with Crippen LogP contribution in [-0.2, 0) is 9.59 Å². The van der Waals surface area contributed by atoms with Crippen LogP contribution in [0.25, 0.3) is 0 Å². The first-order valence-electron chi connectivity index (χ1n) is 11.5. The number of amides is 2. The molecule has 2 amide bonds. The van der Waals surface area contributed by atoms with Crippen LogP contribution in [0.15, 0.2) is 60.9 Å². The van der Waals surface area contributed by atoms with E-state index in [1.165, 1.54) is 0 Å². The van der Waals surface area contributed by atoms with E-state index in [1.807, 2.05) is 60.4 Å². The number of carbonyl (C=O) groups is 2. The van der Waals surface area contributed by atoms with E-state index in [1.54, 1.807) is 17.3 Å². The van der Waals surface area contributed by atoms with Crippen LogP contribution in [0, 0.1) is 12.8 Å². The molecule has 2 fully saturated rings. The van der Waals surface area contributed by atoms with Gasteiger partial charge in [-0.05, 0) is 43.3 Å². The highest BCUT2D eigenvalue weighted by Gasteiger charge is 2.38. The molecular formula is C25H27N7O2. The largest absolute Gasteiger partial charge is 0.352 e. The molecule has 1 atom stereocenters. The van der Waals surface area contributed by atoms with Crippen molar-refractivity contribution in [3.63, 3.8) is 0 Å². The van der Waals surface area contributed by atoms with Gasteiger partial charge in [0.1, 0.15) is 0 Å². The van der Waals surface area contributed by atoms with Crippen LogP contribution >= 0.6 is 0 Å². The smallest absolute Gasteiger partial charge is 0.228 e. The highest BCUT2D eigenvalue weighted by atomic mass is 16.2. The second-order valence-corrected chi connectivity index (χ2v) is 8.70. The van der Waals surface area contributed by atoms with Gasteiger partial charge in [-0.25, -0.2) is 0 Å². The number of aryl methyl sites for hydroxylation is 1. The molecule has 0 aliphatic carbocycles. The first kappa shape index (κ1) is 21.8. The lowest BCUT2D eigenvalue weighted by Crippen LogP contribution is -2.51. The standard InChI is InChI=1S/C25H27N7O2/c1-18-4-6-21(7-5-18)32-17-19(15-24(32)33)25(34)31-13-11-30(12-14-31)23-9-8-22(28-29-23)27-20-3-2-10-26-16-20/h2-10,16,19H,11-15,17H2,1H3,(H,27,28). The van der Waals surface area contributed by atoms with Crippen LogP contribution in [0.2, 0.25) is 0 Å². The lowest BCUT2D eigenvalue weighted by molar-refractivity contribution is -0.136. The zero-order chi connectivity index (χ0) is 23.5. The van der Waals surface area contributed by atoms with Crippen molar-refractivity contribution in [2.75, 3.05) is 47.8 Å². The molecule has 9 heteroatoms. The highest BCUT2D eigenvalue weighted by molar-refractivity contribution is 6.00. The Hall–Kier alpha value is -4.01. The zero-order valence-electron chi connectivity index (χ0n) is 19.1. The minimum atomic E-state index is -0.294. The Bertz CT molecular complexity index is 1140. The van der Waals surface area contributed by atoms with E-state index in [9.17, 15) is 9.59 Å². The number of hydrogen-bond acceptors (Lipinski definition) is 7. The van der Waals surface area contributed by atoms with Gasteiger partial charge in [-0.1, -0.05) is 17.7 Å². The summed E-state index contributed by atoms with van der Waals surface area (Å²) in [7, 11) is 0. The number of nitrogens with zero attached hydrogens (tertiary/aromatic N) is 6. The maximum absolute atomic E-state index is 13.1. The third-order valence-corrected chi connectivity index (χ3v) is 6.32. The summed E-state index contributed by atoms with van der Waals surface area (Å²) in [4.78, 5) is 35.5. The normalized spacial score (nSPS) is 18.3. The molecule has 2 aliphatic rings. The summed E-state index contributed by atoms with van der Waals surface area (Å²) in [6.45, 7) is 5.02. The van der Waals surface area contributed by atoms with Crippen molar-refractivity contribution in [1.82, 2.24) is 20.1 Å². The molecule has 1 N–H and O–H groups in total. The van der Waals surface area contributed by atoms with Gasteiger partial charge in [0.25, 0.3) is 0 Å². The van der Waals surface area contributed by atoms with Crippen molar-refractivity contribution in [3.05, 3.63) is 66.5 Å². The van der Waals surface area contributed by atoms with Crippen LogP contribution in [0.3, 0.4) is 0 Å². The maximum atomic E-state index is 13.1. The number of carbonyl (C=O) groups excluding carboxylic acids is 2. The van der Waals surface area contributed by atoms with Gasteiger partial charge >= 0.3 is 0 Å². The number of benzene rings is 1. The molecule has 0 bridgehead atoms. The molecule has 2 aliphatic heterocycles. The monoisotopic (exact) mass is 457 g/mol. The molecule has 2 saturated heterocycles. The van der Waals surface area contributed by atoms with Gasteiger partial charge < -0.3 is 20.0 Å². The van der Waals surface area contributed by atoms with Crippen LogP contribution < -0.4 is 15.1 Å². The topological polar surface area (TPSA) is 94.6 Å². The van der Waals surface area contributed by atoms with E-state index in [0.717, 1.165) is 22.8 Å². The van der Waals surface area contributed by atoms with Gasteiger partial charge in [-0.3, -0.25) is 14.6 Å². The molecule has 34 heavy (non-hydrogen) atoms. The third-order valence-electron chi connectivity index (χ3n) is 6.32. The quantitative estimate of drug-likeness (QED) is 0.629. The lowest BCUT2D eigenvalue weighted by atomic mass is 10.1. The first-order valence-corrected chi connectivity index (χ1v) is 11.5. The van der Waals surface area contributed by atoms with Crippen molar-refractivity contribution in [2.24, 2.45) is 5.92 Å². The van der Waals surface area contributed by atoms with E-state index >= 15 is 0 Å². The number of rotatable bonds is 5. The average molecular weight is 458 g/mol. The molecule has 174 valence electrons. The molecule has 0 radical (unpaired) electrons. The Morgan fingerprint density at radius 2 is 1.79 bits per heavy atom. The Morgan fingerprint density at radius 3 is 2.47 bits per heavy atom. The second-order valence-electron chi connectivity index (χ2n) is 8.70. The predicted molar refractivity (Wildman–Crippen MR) is 130 cm³/mol. The minimum Gasteiger partial charge on any atom is -0.352 e. The van der Waals surface area contributed by atoms with Gasteiger partial charge in [-0.2, -0.15) is 0 Å². The molecule has 4 heterocycles. The fourth-order valence-corrected chi connectivity index (χ4v) is 4.41. The summed E-state index contributed by atoms with van der Waals surface area (Å²) in [5.74, 6) is 1.21. The predicted octanol–water partition coefficient (Wildman–Crippen LogP) is 2.63. The number of anilines is 4. The molecule has 5 rings (SSSR count). The molecule has 1 unspecified atom stereocenters. The van der Waals surface area contributed by atoms with E-state index in [4.69, 9.17) is 0 Å². The summed E-state index contributed by atoms with van der Waals surface area (Å²) in [5, 5.41) is 11.8. The fraction of sp³-hybridized carbons (Fsp3) is 0.320. The number of aromatic nitrogens is 3. The molecule has 9 nitrogen and oxygen atoms in total.